The molecule has 2 nitrogen and oxygen atoms in total. The number of hydrogen-bond donors (Lipinski definition) is 2. The third-order valence-electron chi connectivity index (χ3n) is 5.56. The number of nitrogens with one attached hydrogen (secondary N) is 2. The van der Waals surface area contributed by atoms with Crippen LogP contribution >= 0.6 is 0 Å². The zero-order chi connectivity index (χ0) is 15.5. The number of rotatable bonds is 3. The number of aryl methyl sites for hydroxylation is 1. The largest absolute Gasteiger partial charge is 0.317 e. The third-order valence-corrected chi connectivity index (χ3v) is 5.56. The summed E-state index contributed by atoms with van der Waals surface area (Å²) in [6, 6.07) is 20.4. The van der Waals surface area contributed by atoms with Crippen LogP contribution in [0.25, 0.3) is 0 Å². The fraction of sp³-hybridized carbons (Fsp3) is 0.429. The summed E-state index contributed by atoms with van der Waals surface area (Å²) >= 11 is 0. The number of piperidine rings is 1. The highest BCUT2D eigenvalue weighted by atomic mass is 15.1. The first-order valence-electron chi connectivity index (χ1n) is 8.95. The second kappa shape index (κ2) is 6.46. The van der Waals surface area contributed by atoms with Crippen molar-refractivity contribution in [3.05, 3.63) is 71.3 Å². The van der Waals surface area contributed by atoms with Gasteiger partial charge in [-0.15, -0.1) is 0 Å². The molecule has 2 aromatic carbocycles. The molecule has 0 aromatic heterocycles. The van der Waals surface area contributed by atoms with E-state index < -0.39 is 0 Å². The molecule has 0 aliphatic carbocycles. The average molecular weight is 306 g/mol. The Morgan fingerprint density at radius 1 is 0.913 bits per heavy atom. The topological polar surface area (TPSA) is 24.1 Å². The van der Waals surface area contributed by atoms with Gasteiger partial charge < -0.3 is 10.6 Å². The first kappa shape index (κ1) is 14.9. The van der Waals surface area contributed by atoms with Gasteiger partial charge in [0, 0.05) is 11.6 Å². The lowest BCUT2D eigenvalue weighted by atomic mass is 9.75. The van der Waals surface area contributed by atoms with E-state index in [0.29, 0.717) is 11.6 Å². The molecule has 1 atom stereocenters. The average Bonchev–Trinajstić information content (AvgIpc) is 2.61. The molecule has 23 heavy (non-hydrogen) atoms. The van der Waals surface area contributed by atoms with E-state index in [-0.39, 0.29) is 0 Å². The quantitative estimate of drug-likeness (QED) is 0.905. The Morgan fingerprint density at radius 2 is 1.65 bits per heavy atom. The third kappa shape index (κ3) is 3.19. The van der Waals surface area contributed by atoms with E-state index in [4.69, 9.17) is 0 Å². The predicted molar refractivity (Wildman–Crippen MR) is 95.6 cm³/mol. The van der Waals surface area contributed by atoms with Crippen LogP contribution in [-0.2, 0) is 12.8 Å². The highest BCUT2D eigenvalue weighted by Gasteiger charge is 2.38. The summed E-state index contributed by atoms with van der Waals surface area (Å²) < 4.78 is 0. The van der Waals surface area contributed by atoms with Crippen molar-refractivity contribution in [3.8, 4) is 0 Å². The van der Waals surface area contributed by atoms with Crippen molar-refractivity contribution in [1.82, 2.24) is 10.6 Å². The Bertz CT molecular complexity index is 644. The van der Waals surface area contributed by atoms with E-state index in [1.165, 1.54) is 36.8 Å². The molecule has 2 aromatic rings. The van der Waals surface area contributed by atoms with Gasteiger partial charge in [-0.2, -0.15) is 0 Å². The van der Waals surface area contributed by atoms with Gasteiger partial charge in [-0.05, 0) is 61.9 Å². The summed E-state index contributed by atoms with van der Waals surface area (Å²) in [6.45, 7) is 2.28. The van der Waals surface area contributed by atoms with E-state index in [2.05, 4.69) is 65.2 Å². The first-order chi connectivity index (χ1) is 11.3. The van der Waals surface area contributed by atoms with E-state index in [0.717, 1.165) is 19.5 Å². The van der Waals surface area contributed by atoms with Crippen molar-refractivity contribution in [2.45, 2.75) is 43.7 Å². The van der Waals surface area contributed by atoms with Crippen LogP contribution in [0.4, 0.5) is 0 Å². The van der Waals surface area contributed by atoms with Crippen molar-refractivity contribution < 1.29 is 0 Å². The van der Waals surface area contributed by atoms with Gasteiger partial charge in [0.25, 0.3) is 0 Å². The molecule has 2 N–H and O–H groups in total. The van der Waals surface area contributed by atoms with Gasteiger partial charge in [0.2, 0.25) is 0 Å². The standard InChI is InChI=1S/C21H26N2/c1-2-6-17(7-3-1)10-11-20-19-9-5-4-8-18(19)16-21(23-20)12-14-22-15-13-21/h1-9,20,22-23H,10-16H2. The molecule has 1 fully saturated rings. The Morgan fingerprint density at radius 3 is 2.48 bits per heavy atom. The lowest BCUT2D eigenvalue weighted by Gasteiger charge is -2.46. The zero-order valence-electron chi connectivity index (χ0n) is 13.7. The van der Waals surface area contributed by atoms with Crippen LogP contribution in [0.2, 0.25) is 0 Å². The van der Waals surface area contributed by atoms with Crippen molar-refractivity contribution in [1.29, 1.82) is 0 Å². The highest BCUT2D eigenvalue weighted by Crippen LogP contribution is 2.36. The van der Waals surface area contributed by atoms with Crippen LogP contribution < -0.4 is 10.6 Å². The van der Waals surface area contributed by atoms with Gasteiger partial charge in [-0.1, -0.05) is 54.6 Å². The molecule has 2 heterocycles. The van der Waals surface area contributed by atoms with Crippen LogP contribution in [0.15, 0.2) is 54.6 Å². The summed E-state index contributed by atoms with van der Waals surface area (Å²) in [7, 11) is 0. The van der Waals surface area contributed by atoms with Crippen molar-refractivity contribution in [2.75, 3.05) is 13.1 Å². The maximum Gasteiger partial charge on any atom is 0.0331 e. The highest BCUT2D eigenvalue weighted by molar-refractivity contribution is 5.35. The number of fused-ring (bicyclic) bond motifs is 1. The molecule has 1 unspecified atom stereocenters. The molecule has 120 valence electrons. The van der Waals surface area contributed by atoms with E-state index in [1.807, 2.05) is 0 Å². The molecule has 0 saturated carbocycles. The summed E-state index contributed by atoms with van der Waals surface area (Å²) in [4.78, 5) is 0. The van der Waals surface area contributed by atoms with Gasteiger partial charge in [0.05, 0.1) is 0 Å². The van der Waals surface area contributed by atoms with Crippen molar-refractivity contribution >= 4 is 0 Å². The Kier molecular flexibility index (Phi) is 4.19. The Balaban J connectivity index is 1.56. The molecule has 2 aliphatic heterocycles. The van der Waals surface area contributed by atoms with Gasteiger partial charge >= 0.3 is 0 Å². The van der Waals surface area contributed by atoms with Crippen LogP contribution in [0.3, 0.4) is 0 Å². The normalized spacial score (nSPS) is 22.7. The smallest absolute Gasteiger partial charge is 0.0331 e. The monoisotopic (exact) mass is 306 g/mol. The van der Waals surface area contributed by atoms with E-state index in [9.17, 15) is 0 Å². The number of benzene rings is 2. The second-order valence-electron chi connectivity index (χ2n) is 7.13. The molecule has 1 spiro atoms. The molecule has 2 heteroatoms. The van der Waals surface area contributed by atoms with Crippen molar-refractivity contribution in [2.24, 2.45) is 0 Å². The first-order valence-corrected chi connectivity index (χ1v) is 8.95. The van der Waals surface area contributed by atoms with Crippen molar-refractivity contribution in [3.63, 3.8) is 0 Å². The minimum atomic E-state index is 0.307. The SMILES string of the molecule is c1ccc(CCC2NC3(CCNCC3)Cc3ccccc32)cc1. The summed E-state index contributed by atoms with van der Waals surface area (Å²) in [6.07, 6.45) is 5.98. The zero-order valence-corrected chi connectivity index (χ0v) is 13.7. The maximum atomic E-state index is 4.06. The minimum absolute atomic E-state index is 0.307. The van der Waals surface area contributed by atoms with E-state index in [1.54, 1.807) is 5.56 Å². The lowest BCUT2D eigenvalue weighted by molar-refractivity contribution is 0.196. The number of hydrogen-bond acceptors (Lipinski definition) is 2. The lowest BCUT2D eigenvalue weighted by Crippen LogP contribution is -2.57. The molecule has 0 radical (unpaired) electrons. The van der Waals surface area contributed by atoms with E-state index >= 15 is 0 Å². The molecule has 4 rings (SSSR count). The fourth-order valence-electron chi connectivity index (χ4n) is 4.31. The molecule has 0 bridgehead atoms. The minimum Gasteiger partial charge on any atom is -0.317 e. The maximum absolute atomic E-state index is 4.06. The van der Waals surface area contributed by atoms with Crippen LogP contribution in [0.5, 0.6) is 0 Å². The van der Waals surface area contributed by atoms with Gasteiger partial charge in [0.15, 0.2) is 0 Å². The van der Waals surface area contributed by atoms with Gasteiger partial charge in [-0.3, -0.25) is 0 Å². The summed E-state index contributed by atoms with van der Waals surface area (Å²) in [5.41, 5.74) is 4.83. The van der Waals surface area contributed by atoms with Gasteiger partial charge in [0.1, 0.15) is 0 Å². The Hall–Kier alpha value is -1.64. The molecule has 2 aliphatic rings. The second-order valence-corrected chi connectivity index (χ2v) is 7.13. The fourth-order valence-corrected chi connectivity index (χ4v) is 4.31. The Labute approximate surface area is 139 Å². The molecular weight excluding hydrogens is 280 g/mol. The van der Waals surface area contributed by atoms with Crippen LogP contribution in [0, 0.1) is 0 Å². The predicted octanol–water partition coefficient (Wildman–Crippen LogP) is 3.63. The van der Waals surface area contributed by atoms with Gasteiger partial charge in [-0.25, -0.2) is 0 Å². The summed E-state index contributed by atoms with van der Waals surface area (Å²) in [5, 5.41) is 7.57. The summed E-state index contributed by atoms with van der Waals surface area (Å²) in [5.74, 6) is 0. The molecular formula is C21H26N2. The van der Waals surface area contributed by atoms with Crippen LogP contribution in [-0.4, -0.2) is 18.6 Å². The molecule has 0 amide bonds. The molecule has 1 saturated heterocycles. The van der Waals surface area contributed by atoms with Crippen LogP contribution in [0.1, 0.15) is 42.0 Å².